The van der Waals surface area contributed by atoms with Crippen LogP contribution in [0.5, 0.6) is 0 Å². The molecule has 2 aliphatic heterocycles. The number of hydrogen-bond acceptors (Lipinski definition) is 8. The number of nitrogens with zero attached hydrogens (tertiary/aromatic N) is 9. The normalized spacial score (nSPS) is 12.5. The molecule has 0 aliphatic carbocycles. The molecule has 0 amide bonds. The molecule has 0 fully saturated rings. The summed E-state index contributed by atoms with van der Waals surface area (Å²) in [6.45, 7) is 0. The Balaban J connectivity index is 1.15. The number of para-hydroxylation sites is 3. The Bertz CT molecular complexity index is 2860. The van der Waals surface area contributed by atoms with Gasteiger partial charge in [0, 0.05) is 33.0 Å². The van der Waals surface area contributed by atoms with Crippen molar-refractivity contribution in [1.82, 2.24) is 34.5 Å². The Morgan fingerprint density at radius 1 is 0.281 bits per heavy atom. The van der Waals surface area contributed by atoms with E-state index in [0.717, 1.165) is 72.5 Å². The van der Waals surface area contributed by atoms with Gasteiger partial charge in [-0.1, -0.05) is 152 Å². The minimum atomic E-state index is 0.523. The van der Waals surface area contributed by atoms with Crippen molar-refractivity contribution in [2.45, 2.75) is 0 Å². The first kappa shape index (κ1) is 31.3. The summed E-state index contributed by atoms with van der Waals surface area (Å²) in [4.78, 5) is 35.3. The van der Waals surface area contributed by atoms with Crippen LogP contribution in [0.25, 0.3) is 73.0 Å². The topological polar surface area (TPSA) is 88.8 Å². The van der Waals surface area contributed by atoms with E-state index in [4.69, 9.17) is 29.9 Å². The third-order valence-corrected chi connectivity index (χ3v) is 10.7. The smallest absolute Gasteiger partial charge is 0.238 e. The summed E-state index contributed by atoms with van der Waals surface area (Å²) in [5, 5.41) is 2.26. The minimum Gasteiger partial charge on any atom is -0.301 e. The van der Waals surface area contributed by atoms with Crippen molar-refractivity contribution in [3.8, 4) is 51.2 Å². The zero-order valence-electron chi connectivity index (χ0n) is 30.3. The van der Waals surface area contributed by atoms with Gasteiger partial charge in [0.25, 0.3) is 0 Å². The van der Waals surface area contributed by atoms with Crippen LogP contribution in [0.2, 0.25) is 0 Å². The summed E-state index contributed by atoms with van der Waals surface area (Å²) in [5.41, 5.74) is 10.6. The molecule has 0 saturated heterocycles. The summed E-state index contributed by atoms with van der Waals surface area (Å²) < 4.78 is 2.40. The molecular weight excluding hydrogens is 703 g/mol. The molecule has 9 nitrogen and oxygen atoms in total. The fraction of sp³-hybridized carbons (Fsp3) is 0. The predicted octanol–water partition coefficient (Wildman–Crippen LogP) is 11.4. The van der Waals surface area contributed by atoms with Gasteiger partial charge in [-0.3, -0.25) is 9.80 Å². The van der Waals surface area contributed by atoms with Gasteiger partial charge in [0.05, 0.1) is 39.5 Å². The first-order chi connectivity index (χ1) is 28.3. The van der Waals surface area contributed by atoms with Crippen LogP contribution in [0, 0.1) is 0 Å². The molecule has 0 N–H and O–H groups in total. The lowest BCUT2D eigenvalue weighted by atomic mass is 10.1. The van der Waals surface area contributed by atoms with Gasteiger partial charge < -0.3 is 4.57 Å². The van der Waals surface area contributed by atoms with E-state index in [1.807, 2.05) is 121 Å². The number of rotatable bonds is 6. The van der Waals surface area contributed by atoms with Crippen molar-refractivity contribution in [3.63, 3.8) is 0 Å². The Morgan fingerprint density at radius 3 is 0.947 bits per heavy atom. The monoisotopic (exact) mass is 731 g/mol. The van der Waals surface area contributed by atoms with Gasteiger partial charge in [0.15, 0.2) is 23.3 Å². The Kier molecular flexibility index (Phi) is 6.73. The van der Waals surface area contributed by atoms with E-state index in [0.29, 0.717) is 35.2 Å². The molecule has 12 rings (SSSR count). The molecule has 0 saturated carbocycles. The molecule has 0 radical (unpaired) electrons. The first-order valence-corrected chi connectivity index (χ1v) is 18.8. The second kappa shape index (κ2) is 12.2. The van der Waals surface area contributed by atoms with E-state index < -0.39 is 0 Å². The summed E-state index contributed by atoms with van der Waals surface area (Å²) >= 11 is 0. The summed E-state index contributed by atoms with van der Waals surface area (Å²) in [5.74, 6) is 3.43. The molecule has 266 valence electrons. The molecule has 10 aromatic rings. The van der Waals surface area contributed by atoms with E-state index in [9.17, 15) is 0 Å². The fourth-order valence-corrected chi connectivity index (χ4v) is 8.26. The molecule has 0 bridgehead atoms. The fourth-order valence-electron chi connectivity index (χ4n) is 8.26. The molecule has 9 heteroatoms. The molecule has 5 heterocycles. The van der Waals surface area contributed by atoms with E-state index in [1.54, 1.807) is 0 Å². The number of fused-ring (bicyclic) bond motifs is 1. The van der Waals surface area contributed by atoms with Crippen molar-refractivity contribution in [2.75, 3.05) is 9.80 Å². The number of anilines is 6. The maximum Gasteiger partial charge on any atom is 0.238 e. The summed E-state index contributed by atoms with van der Waals surface area (Å²) in [7, 11) is 0. The van der Waals surface area contributed by atoms with Gasteiger partial charge in [0.2, 0.25) is 11.9 Å². The average molecular weight is 732 g/mol. The first-order valence-electron chi connectivity index (χ1n) is 18.8. The standard InChI is InChI=1S/C48H29N9/c1-5-16-30(17-6-1)43-49-44(31-18-7-2-8-19-31)52-47(51-43)55-36-26-13-24-34-35-25-14-27-37-41(35)57(40(34)36)42-38(55)28-15-29-39(42)56(37)48-53-45(32-20-9-3-10-21-32)50-46(54-48)33-22-11-4-12-23-33/h1-29H. The van der Waals surface area contributed by atoms with Crippen LogP contribution in [0.15, 0.2) is 176 Å². The van der Waals surface area contributed by atoms with Gasteiger partial charge >= 0.3 is 0 Å². The lowest BCUT2D eigenvalue weighted by Gasteiger charge is -2.38. The molecule has 0 atom stereocenters. The van der Waals surface area contributed by atoms with Crippen LogP contribution in [-0.2, 0) is 0 Å². The second-order valence-electron chi connectivity index (χ2n) is 14.0. The molecule has 0 unspecified atom stereocenters. The van der Waals surface area contributed by atoms with Crippen LogP contribution < -0.4 is 9.80 Å². The Hall–Kier alpha value is -8.04. The number of hydrogen-bond donors (Lipinski definition) is 0. The van der Waals surface area contributed by atoms with Crippen LogP contribution in [0.1, 0.15) is 0 Å². The highest BCUT2D eigenvalue weighted by molar-refractivity contribution is 6.22. The largest absolute Gasteiger partial charge is 0.301 e. The molecule has 2 aliphatic rings. The lowest BCUT2D eigenvalue weighted by molar-refractivity contribution is 0.980. The van der Waals surface area contributed by atoms with Gasteiger partial charge in [-0.15, -0.1) is 0 Å². The minimum absolute atomic E-state index is 0.523. The Labute approximate surface area is 326 Å². The SMILES string of the molecule is c1ccc(-c2nc(-c3ccccc3)nc(N3c4cccc5c4-n4c6c3cccc6c3cccc(c34)N5c3nc(-c4ccccc4)nc(-c4ccccc4)n3)n2)cc1. The zero-order valence-corrected chi connectivity index (χ0v) is 30.3. The van der Waals surface area contributed by atoms with Crippen molar-refractivity contribution in [1.29, 1.82) is 0 Å². The lowest BCUT2D eigenvalue weighted by Crippen LogP contribution is -2.26. The van der Waals surface area contributed by atoms with Crippen molar-refractivity contribution >= 4 is 56.5 Å². The highest BCUT2D eigenvalue weighted by Gasteiger charge is 2.38. The van der Waals surface area contributed by atoms with Crippen molar-refractivity contribution in [3.05, 3.63) is 176 Å². The van der Waals surface area contributed by atoms with Crippen LogP contribution in [0.3, 0.4) is 0 Å². The highest BCUT2D eigenvalue weighted by Crippen LogP contribution is 2.57. The third kappa shape index (κ3) is 4.76. The highest BCUT2D eigenvalue weighted by atomic mass is 15.4. The molecular formula is C48H29N9. The van der Waals surface area contributed by atoms with Crippen LogP contribution in [-0.4, -0.2) is 34.5 Å². The van der Waals surface area contributed by atoms with Crippen LogP contribution >= 0.6 is 0 Å². The van der Waals surface area contributed by atoms with E-state index in [2.05, 4.69) is 69.0 Å². The van der Waals surface area contributed by atoms with E-state index in [-0.39, 0.29) is 0 Å². The van der Waals surface area contributed by atoms with E-state index >= 15 is 0 Å². The number of benzene rings is 7. The number of aromatic nitrogens is 7. The molecule has 0 spiro atoms. The van der Waals surface area contributed by atoms with Gasteiger partial charge in [0.1, 0.15) is 0 Å². The second-order valence-corrected chi connectivity index (χ2v) is 14.0. The van der Waals surface area contributed by atoms with Crippen molar-refractivity contribution in [2.24, 2.45) is 0 Å². The molecule has 3 aromatic heterocycles. The van der Waals surface area contributed by atoms with Gasteiger partial charge in [-0.2, -0.15) is 19.9 Å². The Morgan fingerprint density at radius 2 is 0.596 bits per heavy atom. The van der Waals surface area contributed by atoms with E-state index in [1.165, 1.54) is 0 Å². The quantitative estimate of drug-likeness (QED) is 0.167. The predicted molar refractivity (Wildman–Crippen MR) is 226 cm³/mol. The third-order valence-electron chi connectivity index (χ3n) is 10.7. The van der Waals surface area contributed by atoms with Gasteiger partial charge in [-0.25, -0.2) is 9.97 Å². The maximum atomic E-state index is 5.23. The maximum absolute atomic E-state index is 5.23. The zero-order chi connectivity index (χ0) is 37.5. The van der Waals surface area contributed by atoms with Crippen LogP contribution in [0.4, 0.5) is 34.6 Å². The summed E-state index contributed by atoms with van der Waals surface area (Å²) in [6, 6.07) is 59.7. The van der Waals surface area contributed by atoms with Gasteiger partial charge in [-0.05, 0) is 24.3 Å². The molecule has 7 aromatic carbocycles. The molecule has 57 heavy (non-hydrogen) atoms. The van der Waals surface area contributed by atoms with Crippen molar-refractivity contribution < 1.29 is 0 Å². The average Bonchev–Trinajstić information content (AvgIpc) is 3.64. The summed E-state index contributed by atoms with van der Waals surface area (Å²) in [6.07, 6.45) is 0.